The summed E-state index contributed by atoms with van der Waals surface area (Å²) in [6, 6.07) is 25.7. The van der Waals surface area contributed by atoms with Crippen LogP contribution in [0.3, 0.4) is 0 Å². The van der Waals surface area contributed by atoms with E-state index in [0.29, 0.717) is 27.0 Å². The third-order valence-corrected chi connectivity index (χ3v) is 5.85. The molecule has 1 N–H and O–H groups in total. The highest BCUT2D eigenvalue weighted by molar-refractivity contribution is 6.35. The topological polar surface area (TPSA) is 64.6 Å². The number of hydrogen-bond acceptors (Lipinski definition) is 4. The number of benzene rings is 4. The third-order valence-electron chi connectivity index (χ3n) is 5.15. The average Bonchev–Trinajstić information content (AvgIpc) is 2.87. The van der Waals surface area contributed by atoms with Crippen LogP contribution >= 0.6 is 23.2 Å². The van der Waals surface area contributed by atoms with Gasteiger partial charge in [0.1, 0.15) is 12.4 Å². The summed E-state index contributed by atoms with van der Waals surface area (Å²) in [7, 11) is 0. The molecule has 0 aromatic heterocycles. The van der Waals surface area contributed by atoms with E-state index >= 15 is 0 Å². The minimum absolute atomic E-state index is 0.237. The molecule has 0 unspecified atom stereocenters. The highest BCUT2D eigenvalue weighted by atomic mass is 35.5. The van der Waals surface area contributed by atoms with Gasteiger partial charge in [-0.3, -0.25) is 4.79 Å². The van der Waals surface area contributed by atoms with Crippen molar-refractivity contribution in [2.75, 3.05) is 11.9 Å². The molecule has 5 nitrogen and oxygen atoms in total. The number of halogens is 2. The van der Waals surface area contributed by atoms with Gasteiger partial charge in [0.25, 0.3) is 5.91 Å². The Morgan fingerprint density at radius 2 is 1.51 bits per heavy atom. The molecule has 0 saturated carbocycles. The fraction of sp³-hybridized carbons (Fsp3) is 0.0714. The summed E-state index contributed by atoms with van der Waals surface area (Å²) in [5.74, 6) is -0.402. The van der Waals surface area contributed by atoms with Gasteiger partial charge in [0.15, 0.2) is 6.61 Å². The second kappa shape index (κ2) is 11.6. The van der Waals surface area contributed by atoms with Crippen LogP contribution in [0.4, 0.5) is 5.69 Å². The normalized spacial score (nSPS) is 10.9. The van der Waals surface area contributed by atoms with Crippen molar-refractivity contribution in [1.82, 2.24) is 0 Å². The molecule has 0 fully saturated rings. The van der Waals surface area contributed by atoms with Crippen molar-refractivity contribution in [3.63, 3.8) is 0 Å². The number of amides is 1. The van der Waals surface area contributed by atoms with Crippen LogP contribution in [-0.4, -0.2) is 18.5 Å². The molecule has 176 valence electrons. The SMILES string of the molecule is O=C(COC(=O)C=Cc1ccc(OCc2c(Cl)cccc2Cl)cc1)Nc1cccc2ccccc12. The fourth-order valence-corrected chi connectivity index (χ4v) is 3.88. The van der Waals surface area contributed by atoms with Crippen LogP contribution in [0.5, 0.6) is 5.75 Å². The van der Waals surface area contributed by atoms with Crippen molar-refractivity contribution in [2.45, 2.75) is 6.61 Å². The maximum atomic E-state index is 12.2. The lowest BCUT2D eigenvalue weighted by Gasteiger charge is -2.09. The number of fused-ring (bicyclic) bond motifs is 1. The zero-order chi connectivity index (χ0) is 24.6. The van der Waals surface area contributed by atoms with Crippen molar-refractivity contribution < 1.29 is 19.1 Å². The predicted octanol–water partition coefficient (Wildman–Crippen LogP) is 6.92. The van der Waals surface area contributed by atoms with E-state index in [0.717, 1.165) is 16.3 Å². The monoisotopic (exact) mass is 505 g/mol. The van der Waals surface area contributed by atoms with E-state index in [-0.39, 0.29) is 13.2 Å². The van der Waals surface area contributed by atoms with Gasteiger partial charge in [-0.15, -0.1) is 0 Å². The van der Waals surface area contributed by atoms with Gasteiger partial charge in [-0.05, 0) is 47.4 Å². The molecule has 0 aliphatic heterocycles. The molecule has 0 saturated heterocycles. The Morgan fingerprint density at radius 1 is 0.829 bits per heavy atom. The van der Waals surface area contributed by atoms with Gasteiger partial charge < -0.3 is 14.8 Å². The van der Waals surface area contributed by atoms with Gasteiger partial charge in [-0.25, -0.2) is 4.79 Å². The molecule has 0 spiro atoms. The van der Waals surface area contributed by atoms with E-state index in [1.807, 2.05) is 36.4 Å². The first-order valence-electron chi connectivity index (χ1n) is 10.8. The van der Waals surface area contributed by atoms with Gasteiger partial charge in [0.05, 0.1) is 0 Å². The number of esters is 1. The number of anilines is 1. The fourth-order valence-electron chi connectivity index (χ4n) is 3.37. The first-order chi connectivity index (χ1) is 17.0. The van der Waals surface area contributed by atoms with Gasteiger partial charge in [0.2, 0.25) is 0 Å². The molecule has 4 aromatic rings. The summed E-state index contributed by atoms with van der Waals surface area (Å²) in [4.78, 5) is 24.3. The number of carbonyl (C=O) groups is 2. The molecule has 0 heterocycles. The van der Waals surface area contributed by atoms with Crippen LogP contribution in [0.15, 0.2) is 91.0 Å². The van der Waals surface area contributed by atoms with Crippen LogP contribution in [0.2, 0.25) is 10.0 Å². The highest BCUT2D eigenvalue weighted by Gasteiger charge is 2.09. The molecular weight excluding hydrogens is 485 g/mol. The number of rotatable bonds is 8. The van der Waals surface area contributed by atoms with Gasteiger partial charge >= 0.3 is 5.97 Å². The minimum Gasteiger partial charge on any atom is -0.489 e. The summed E-state index contributed by atoms with van der Waals surface area (Å²) in [5, 5.41) is 5.79. The predicted molar refractivity (Wildman–Crippen MR) is 140 cm³/mol. The van der Waals surface area contributed by atoms with Crippen molar-refractivity contribution in [2.24, 2.45) is 0 Å². The van der Waals surface area contributed by atoms with E-state index in [1.54, 1.807) is 54.6 Å². The van der Waals surface area contributed by atoms with Crippen molar-refractivity contribution in [3.8, 4) is 5.75 Å². The van der Waals surface area contributed by atoms with Gasteiger partial charge in [-0.1, -0.05) is 77.8 Å². The van der Waals surface area contributed by atoms with Gasteiger partial charge in [-0.2, -0.15) is 0 Å². The second-order valence-electron chi connectivity index (χ2n) is 7.57. The molecule has 0 atom stereocenters. The van der Waals surface area contributed by atoms with Gasteiger partial charge in [0, 0.05) is 32.8 Å². The highest BCUT2D eigenvalue weighted by Crippen LogP contribution is 2.26. The zero-order valence-electron chi connectivity index (χ0n) is 18.5. The van der Waals surface area contributed by atoms with Crippen LogP contribution in [0, 0.1) is 0 Å². The van der Waals surface area contributed by atoms with E-state index in [4.69, 9.17) is 32.7 Å². The molecule has 0 aliphatic rings. The summed E-state index contributed by atoms with van der Waals surface area (Å²) in [6.07, 6.45) is 2.87. The Bertz CT molecular complexity index is 1360. The number of nitrogens with one attached hydrogen (secondary N) is 1. The lowest BCUT2D eigenvalue weighted by molar-refractivity contribution is -0.142. The number of carbonyl (C=O) groups excluding carboxylic acids is 2. The quantitative estimate of drug-likeness (QED) is 0.208. The van der Waals surface area contributed by atoms with E-state index in [2.05, 4.69) is 5.32 Å². The van der Waals surface area contributed by atoms with Crippen LogP contribution < -0.4 is 10.1 Å². The van der Waals surface area contributed by atoms with Crippen molar-refractivity contribution in [1.29, 1.82) is 0 Å². The summed E-state index contributed by atoms with van der Waals surface area (Å²) in [6.45, 7) is -0.148. The molecule has 1 amide bonds. The average molecular weight is 506 g/mol. The molecule has 35 heavy (non-hydrogen) atoms. The maximum Gasteiger partial charge on any atom is 0.331 e. The standard InChI is InChI=1S/C28H21Cl2NO4/c29-24-8-4-9-25(30)23(24)17-34-21-14-11-19(12-15-21)13-16-28(33)35-18-27(32)31-26-10-3-6-20-5-1-2-7-22(20)26/h1-16H,17-18H2,(H,31,32). The van der Waals surface area contributed by atoms with Crippen LogP contribution in [0.25, 0.3) is 16.8 Å². The summed E-state index contributed by atoms with van der Waals surface area (Å²) < 4.78 is 10.8. The first kappa shape index (κ1) is 24.3. The molecule has 0 aliphatic carbocycles. The molecule has 4 rings (SSSR count). The molecule has 0 bridgehead atoms. The largest absolute Gasteiger partial charge is 0.489 e. The molecule has 7 heteroatoms. The van der Waals surface area contributed by atoms with E-state index in [9.17, 15) is 9.59 Å². The zero-order valence-corrected chi connectivity index (χ0v) is 20.1. The molecular formula is C28H21Cl2NO4. The Labute approximate surface area is 212 Å². The third kappa shape index (κ3) is 6.63. The number of hydrogen-bond donors (Lipinski definition) is 1. The Kier molecular flexibility index (Phi) is 8.03. The summed E-state index contributed by atoms with van der Waals surface area (Å²) in [5.41, 5.74) is 2.15. The number of ether oxygens (including phenoxy) is 2. The molecule has 4 aromatic carbocycles. The lowest BCUT2D eigenvalue weighted by Crippen LogP contribution is -2.20. The summed E-state index contributed by atoms with van der Waals surface area (Å²) >= 11 is 12.3. The van der Waals surface area contributed by atoms with E-state index < -0.39 is 11.9 Å². The Balaban J connectivity index is 1.26. The lowest BCUT2D eigenvalue weighted by atomic mass is 10.1. The Morgan fingerprint density at radius 3 is 2.29 bits per heavy atom. The first-order valence-corrected chi connectivity index (χ1v) is 11.5. The van der Waals surface area contributed by atoms with Crippen LogP contribution in [-0.2, 0) is 20.9 Å². The van der Waals surface area contributed by atoms with Crippen LogP contribution in [0.1, 0.15) is 11.1 Å². The Hall–Kier alpha value is -3.80. The smallest absolute Gasteiger partial charge is 0.331 e. The van der Waals surface area contributed by atoms with Crippen molar-refractivity contribution >= 4 is 57.6 Å². The maximum absolute atomic E-state index is 12.2. The second-order valence-corrected chi connectivity index (χ2v) is 8.39. The minimum atomic E-state index is -0.619. The van der Waals surface area contributed by atoms with E-state index in [1.165, 1.54) is 6.08 Å². The van der Waals surface area contributed by atoms with Crippen molar-refractivity contribution in [3.05, 3.63) is 112 Å². The molecule has 0 radical (unpaired) electrons.